The van der Waals surface area contributed by atoms with Gasteiger partial charge in [-0.1, -0.05) is 75.5 Å². The summed E-state index contributed by atoms with van der Waals surface area (Å²) in [7, 11) is 3.58. The minimum absolute atomic E-state index is 0.501. The van der Waals surface area contributed by atoms with E-state index in [1.165, 1.54) is 57.8 Å². The van der Waals surface area contributed by atoms with Crippen molar-refractivity contribution in [1.29, 1.82) is 0 Å². The molecular weight excluding hydrogens is 341 g/mol. The van der Waals surface area contributed by atoms with Gasteiger partial charge in [-0.15, -0.1) is 0 Å². The van der Waals surface area contributed by atoms with Gasteiger partial charge in [0, 0.05) is 12.8 Å². The second-order valence-electron chi connectivity index (χ2n) is 8.59. The Hall–Kier alpha value is -0.240. The Morgan fingerprint density at radius 1 is 0.808 bits per heavy atom. The molecule has 0 bridgehead atoms. The molecule has 0 fully saturated rings. The fourth-order valence-electron chi connectivity index (χ4n) is 3.75. The highest BCUT2D eigenvalue weighted by atomic mass is 31.1. The van der Waals surface area contributed by atoms with Crippen molar-refractivity contribution in [1.82, 2.24) is 0 Å². The lowest BCUT2D eigenvalue weighted by atomic mass is 10.0. The van der Waals surface area contributed by atoms with Crippen LogP contribution in [0.25, 0.3) is 0 Å². The van der Waals surface area contributed by atoms with Crippen molar-refractivity contribution in [2.75, 3.05) is 21.1 Å². The maximum absolute atomic E-state index is 11.9. The molecule has 0 saturated carbocycles. The molecule has 0 spiro atoms. The summed E-state index contributed by atoms with van der Waals surface area (Å²) in [5.74, 6) is 0. The third kappa shape index (κ3) is 10.2. The van der Waals surface area contributed by atoms with Crippen LogP contribution in [0, 0.1) is 0 Å². The van der Waals surface area contributed by atoms with Gasteiger partial charge in [0.1, 0.15) is 0 Å². The standard InChI is InChI=1S/C22H45NO2P/c1-6-8-9-10-11-12-13-14-15-16-17-18-19-20-21-22(7-2,26(24)25)23(3,4)5/h15-16H,6-14,17-21H2,1-5H3/q+1/b16-15-. The van der Waals surface area contributed by atoms with Crippen LogP contribution in [0.4, 0.5) is 0 Å². The van der Waals surface area contributed by atoms with Crippen LogP contribution in [0.1, 0.15) is 104 Å². The molecule has 0 aliphatic heterocycles. The van der Waals surface area contributed by atoms with Crippen molar-refractivity contribution in [3.8, 4) is 0 Å². The van der Waals surface area contributed by atoms with Crippen molar-refractivity contribution in [2.24, 2.45) is 0 Å². The molecule has 2 atom stereocenters. The highest BCUT2D eigenvalue weighted by Gasteiger charge is 2.52. The van der Waals surface area contributed by atoms with E-state index in [4.69, 9.17) is 0 Å². The van der Waals surface area contributed by atoms with Gasteiger partial charge in [0.25, 0.3) is 5.28 Å². The molecule has 0 aromatic heterocycles. The van der Waals surface area contributed by atoms with E-state index in [1.54, 1.807) is 0 Å². The Bertz CT molecular complexity index is 390. The Balaban J connectivity index is 3.78. The normalized spacial score (nSPS) is 15.4. The fraction of sp³-hybridized carbons (Fsp3) is 0.909. The smallest absolute Gasteiger partial charge is 0.376 e. The molecule has 0 heterocycles. The third-order valence-electron chi connectivity index (χ3n) is 5.74. The average Bonchev–Trinajstić information content (AvgIpc) is 2.57. The van der Waals surface area contributed by atoms with E-state index >= 15 is 0 Å². The van der Waals surface area contributed by atoms with Gasteiger partial charge in [-0.3, -0.25) is 4.48 Å². The van der Waals surface area contributed by atoms with Gasteiger partial charge in [-0.2, -0.15) is 0 Å². The maximum Gasteiger partial charge on any atom is 0.376 e. The van der Waals surface area contributed by atoms with Crippen molar-refractivity contribution < 1.29 is 13.9 Å². The van der Waals surface area contributed by atoms with Gasteiger partial charge in [0.05, 0.1) is 21.1 Å². The Morgan fingerprint density at radius 2 is 1.27 bits per heavy atom. The number of allylic oxidation sites excluding steroid dienone is 2. The average molecular weight is 387 g/mol. The van der Waals surface area contributed by atoms with E-state index in [-0.39, 0.29) is 0 Å². The number of rotatable bonds is 17. The lowest BCUT2D eigenvalue weighted by molar-refractivity contribution is -0.910. The van der Waals surface area contributed by atoms with Crippen molar-refractivity contribution in [2.45, 2.75) is 109 Å². The van der Waals surface area contributed by atoms with E-state index in [9.17, 15) is 9.46 Å². The molecule has 2 unspecified atom stereocenters. The summed E-state index contributed by atoms with van der Waals surface area (Å²) in [6.45, 7) is 4.27. The molecule has 0 rings (SSSR count). The summed E-state index contributed by atoms with van der Waals surface area (Å²) in [4.78, 5) is 11.9. The highest BCUT2D eigenvalue weighted by molar-refractivity contribution is 7.38. The zero-order valence-corrected chi connectivity index (χ0v) is 19.2. The van der Waals surface area contributed by atoms with E-state index in [2.05, 4.69) is 19.1 Å². The molecular formula is C22H45NO2P+. The van der Waals surface area contributed by atoms with Crippen LogP contribution in [0.5, 0.6) is 0 Å². The number of quaternary nitrogens is 1. The number of hydrogen-bond acceptors (Lipinski definition) is 2. The summed E-state index contributed by atoms with van der Waals surface area (Å²) in [6.07, 6.45) is 21.3. The molecule has 0 radical (unpaired) electrons. The summed E-state index contributed by atoms with van der Waals surface area (Å²) in [6, 6.07) is 0. The minimum Gasteiger partial charge on any atom is -0.590 e. The lowest BCUT2D eigenvalue weighted by Crippen LogP contribution is -2.55. The van der Waals surface area contributed by atoms with Gasteiger partial charge in [0.2, 0.25) is 0 Å². The molecule has 0 aromatic carbocycles. The highest BCUT2D eigenvalue weighted by Crippen LogP contribution is 2.44. The van der Waals surface area contributed by atoms with Crippen molar-refractivity contribution in [3.63, 3.8) is 0 Å². The molecule has 0 aliphatic rings. The maximum atomic E-state index is 11.9. The van der Waals surface area contributed by atoms with Crippen LogP contribution >= 0.6 is 8.03 Å². The Morgan fingerprint density at radius 3 is 1.69 bits per heavy atom. The molecule has 4 heteroatoms. The van der Waals surface area contributed by atoms with E-state index < -0.39 is 13.3 Å². The molecule has 3 nitrogen and oxygen atoms in total. The second-order valence-corrected chi connectivity index (χ2v) is 9.93. The fourth-order valence-corrected chi connectivity index (χ4v) is 4.84. The Labute approximate surface area is 164 Å². The molecule has 26 heavy (non-hydrogen) atoms. The van der Waals surface area contributed by atoms with Crippen LogP contribution in [-0.2, 0) is 4.57 Å². The first-order valence-corrected chi connectivity index (χ1v) is 12.1. The van der Waals surface area contributed by atoms with Gasteiger partial charge >= 0.3 is 8.03 Å². The van der Waals surface area contributed by atoms with Gasteiger partial charge in [-0.25, -0.2) is 0 Å². The van der Waals surface area contributed by atoms with Gasteiger partial charge in [-0.05, 0) is 32.1 Å². The quantitative estimate of drug-likeness (QED) is 0.123. The van der Waals surface area contributed by atoms with E-state index in [1.807, 2.05) is 28.1 Å². The van der Waals surface area contributed by atoms with Crippen LogP contribution in [-0.4, -0.2) is 30.9 Å². The van der Waals surface area contributed by atoms with E-state index in [0.29, 0.717) is 10.9 Å². The summed E-state index contributed by atoms with van der Waals surface area (Å²) in [5.41, 5.74) is 0. The first kappa shape index (κ1) is 25.8. The molecule has 0 saturated heterocycles. The molecule has 0 N–H and O–H groups in total. The van der Waals surface area contributed by atoms with Gasteiger partial charge < -0.3 is 4.89 Å². The van der Waals surface area contributed by atoms with Crippen molar-refractivity contribution in [3.05, 3.63) is 12.2 Å². The molecule has 0 amide bonds. The first-order valence-electron chi connectivity index (χ1n) is 10.9. The topological polar surface area (TPSA) is 40.1 Å². The number of unbranched alkanes of at least 4 members (excludes halogenated alkanes) is 10. The summed E-state index contributed by atoms with van der Waals surface area (Å²) in [5, 5.41) is -0.609. The molecule has 0 aliphatic carbocycles. The zero-order chi connectivity index (χ0) is 19.9. The molecule has 154 valence electrons. The SMILES string of the molecule is CCCCCCCCC/C=C\CCCCCC(CC)([P+](=O)[O-])[N+](C)(C)C. The van der Waals surface area contributed by atoms with Crippen LogP contribution in [0.15, 0.2) is 12.2 Å². The monoisotopic (exact) mass is 386 g/mol. The summed E-state index contributed by atoms with van der Waals surface area (Å²) >= 11 is 0. The summed E-state index contributed by atoms with van der Waals surface area (Å²) < 4.78 is 12.4. The third-order valence-corrected chi connectivity index (χ3v) is 7.56. The lowest BCUT2D eigenvalue weighted by Gasteiger charge is -2.39. The van der Waals surface area contributed by atoms with E-state index in [0.717, 1.165) is 25.7 Å². The first-order chi connectivity index (χ1) is 12.3. The van der Waals surface area contributed by atoms with Crippen LogP contribution < -0.4 is 4.89 Å². The van der Waals surface area contributed by atoms with Crippen molar-refractivity contribution >= 4 is 8.03 Å². The second kappa shape index (κ2) is 14.8. The Kier molecular flexibility index (Phi) is 14.6. The number of hydrogen-bond donors (Lipinski definition) is 0. The number of nitrogens with zero attached hydrogens (tertiary/aromatic N) is 1. The largest absolute Gasteiger partial charge is 0.590 e. The molecule has 0 aromatic rings. The van der Waals surface area contributed by atoms with Crippen LogP contribution in [0.2, 0.25) is 0 Å². The van der Waals surface area contributed by atoms with Gasteiger partial charge in [0.15, 0.2) is 0 Å². The zero-order valence-electron chi connectivity index (χ0n) is 18.3. The predicted molar refractivity (Wildman–Crippen MR) is 113 cm³/mol. The minimum atomic E-state index is -2.42. The van der Waals surface area contributed by atoms with Crippen LogP contribution in [0.3, 0.4) is 0 Å². The predicted octanol–water partition coefficient (Wildman–Crippen LogP) is 6.55.